The molecule has 0 saturated carbocycles. The zero-order valence-corrected chi connectivity index (χ0v) is 12.6. The maximum Gasteiger partial charge on any atom is 0.173 e. The third-order valence-electron chi connectivity index (χ3n) is 2.61. The minimum atomic E-state index is 0.778. The van der Waals surface area contributed by atoms with Crippen LogP contribution in [-0.4, -0.2) is 51.0 Å². The van der Waals surface area contributed by atoms with E-state index in [-0.39, 0.29) is 0 Å². The summed E-state index contributed by atoms with van der Waals surface area (Å²) in [4.78, 5) is 11.0. The second-order valence-corrected chi connectivity index (χ2v) is 5.82. The highest BCUT2D eigenvalue weighted by Crippen LogP contribution is 2.16. The molecular weight excluding hydrogens is 258 g/mol. The Balaban J connectivity index is 2.13. The van der Waals surface area contributed by atoms with Crippen LogP contribution in [0.1, 0.15) is 11.4 Å². The SMILES string of the molecule is Cc1cc(C)n(-c2cncc(SCCN(C)C)n2)n1. The fourth-order valence-corrected chi connectivity index (χ4v) is 2.66. The average Bonchev–Trinajstić information content (AvgIpc) is 2.68. The topological polar surface area (TPSA) is 46.8 Å². The van der Waals surface area contributed by atoms with Crippen molar-refractivity contribution >= 4 is 11.8 Å². The predicted octanol–water partition coefficient (Wildman–Crippen LogP) is 1.93. The summed E-state index contributed by atoms with van der Waals surface area (Å²) < 4.78 is 1.83. The molecule has 0 saturated heterocycles. The smallest absolute Gasteiger partial charge is 0.173 e. The first-order valence-electron chi connectivity index (χ1n) is 6.19. The minimum Gasteiger partial charge on any atom is -0.309 e. The van der Waals surface area contributed by atoms with Crippen LogP contribution in [0.4, 0.5) is 0 Å². The Morgan fingerprint density at radius 3 is 2.68 bits per heavy atom. The maximum atomic E-state index is 4.60. The molecule has 0 unspecified atom stereocenters. The number of hydrogen-bond donors (Lipinski definition) is 0. The van der Waals surface area contributed by atoms with E-state index in [4.69, 9.17) is 0 Å². The van der Waals surface area contributed by atoms with E-state index in [0.717, 1.165) is 34.5 Å². The van der Waals surface area contributed by atoms with Gasteiger partial charge in [0, 0.05) is 18.0 Å². The molecule has 0 radical (unpaired) electrons. The van der Waals surface area contributed by atoms with Gasteiger partial charge in [-0.25, -0.2) is 9.67 Å². The van der Waals surface area contributed by atoms with Crippen LogP contribution in [0.3, 0.4) is 0 Å². The lowest BCUT2D eigenvalue weighted by Crippen LogP contribution is -2.14. The fourth-order valence-electron chi connectivity index (χ4n) is 1.70. The second kappa shape index (κ2) is 6.16. The summed E-state index contributed by atoms with van der Waals surface area (Å²) in [7, 11) is 4.14. The van der Waals surface area contributed by atoms with Crippen LogP contribution >= 0.6 is 11.8 Å². The largest absolute Gasteiger partial charge is 0.309 e. The van der Waals surface area contributed by atoms with Crippen molar-refractivity contribution in [3.8, 4) is 5.82 Å². The van der Waals surface area contributed by atoms with E-state index >= 15 is 0 Å². The molecule has 102 valence electrons. The quantitative estimate of drug-likeness (QED) is 0.782. The third-order valence-corrected chi connectivity index (χ3v) is 3.49. The number of hydrogen-bond acceptors (Lipinski definition) is 5. The summed E-state index contributed by atoms with van der Waals surface area (Å²) in [6.45, 7) is 5.02. The molecule has 6 heteroatoms. The van der Waals surface area contributed by atoms with Crippen molar-refractivity contribution in [1.29, 1.82) is 0 Å². The zero-order valence-electron chi connectivity index (χ0n) is 11.8. The summed E-state index contributed by atoms with van der Waals surface area (Å²) >= 11 is 1.71. The molecule has 2 aromatic heterocycles. The summed E-state index contributed by atoms with van der Waals surface area (Å²) in [6, 6.07) is 2.04. The van der Waals surface area contributed by atoms with Gasteiger partial charge in [-0.15, -0.1) is 11.8 Å². The molecule has 2 aromatic rings. The molecule has 0 aromatic carbocycles. The van der Waals surface area contributed by atoms with Crippen LogP contribution in [0.15, 0.2) is 23.5 Å². The first-order chi connectivity index (χ1) is 9.06. The molecule has 0 spiro atoms. The average molecular weight is 277 g/mol. The molecule has 0 N–H and O–H groups in total. The molecule has 0 fully saturated rings. The lowest BCUT2D eigenvalue weighted by atomic mass is 10.4. The second-order valence-electron chi connectivity index (χ2n) is 4.71. The van der Waals surface area contributed by atoms with Gasteiger partial charge >= 0.3 is 0 Å². The maximum absolute atomic E-state index is 4.60. The highest BCUT2D eigenvalue weighted by molar-refractivity contribution is 7.99. The van der Waals surface area contributed by atoms with Crippen molar-refractivity contribution in [2.24, 2.45) is 0 Å². The van der Waals surface area contributed by atoms with E-state index in [1.165, 1.54) is 0 Å². The van der Waals surface area contributed by atoms with Gasteiger partial charge < -0.3 is 4.90 Å². The summed E-state index contributed by atoms with van der Waals surface area (Å²) in [5, 5.41) is 5.36. The third kappa shape index (κ3) is 3.78. The van der Waals surface area contributed by atoms with Gasteiger partial charge in [0.2, 0.25) is 0 Å². The number of thioether (sulfide) groups is 1. The Hall–Kier alpha value is -1.40. The Morgan fingerprint density at radius 2 is 2.05 bits per heavy atom. The molecular formula is C13H19N5S. The highest BCUT2D eigenvalue weighted by atomic mass is 32.2. The Labute approximate surface area is 118 Å². The Morgan fingerprint density at radius 1 is 1.26 bits per heavy atom. The lowest BCUT2D eigenvalue weighted by molar-refractivity contribution is 0.437. The molecule has 0 bridgehead atoms. The predicted molar refractivity (Wildman–Crippen MR) is 77.9 cm³/mol. The van der Waals surface area contributed by atoms with Crippen molar-refractivity contribution < 1.29 is 0 Å². The molecule has 2 rings (SSSR count). The number of rotatable bonds is 5. The van der Waals surface area contributed by atoms with Gasteiger partial charge in [-0.3, -0.25) is 4.98 Å². The van der Waals surface area contributed by atoms with Gasteiger partial charge in [0.1, 0.15) is 5.03 Å². The van der Waals surface area contributed by atoms with Crippen LogP contribution in [-0.2, 0) is 0 Å². The van der Waals surface area contributed by atoms with Gasteiger partial charge in [-0.2, -0.15) is 5.10 Å². The monoisotopic (exact) mass is 277 g/mol. The van der Waals surface area contributed by atoms with E-state index in [2.05, 4.69) is 34.1 Å². The summed E-state index contributed by atoms with van der Waals surface area (Å²) in [6.07, 6.45) is 3.55. The molecule has 5 nitrogen and oxygen atoms in total. The summed E-state index contributed by atoms with van der Waals surface area (Å²) in [5.74, 6) is 1.78. The van der Waals surface area contributed by atoms with E-state index in [9.17, 15) is 0 Å². The first kappa shape index (κ1) is 14.0. The van der Waals surface area contributed by atoms with E-state index in [1.807, 2.05) is 24.6 Å². The van der Waals surface area contributed by atoms with Gasteiger partial charge in [0.15, 0.2) is 5.82 Å². The van der Waals surface area contributed by atoms with Crippen molar-refractivity contribution in [2.75, 3.05) is 26.4 Å². The standard InChI is InChI=1S/C13H19N5S/c1-10-7-11(2)18(16-10)12-8-14-9-13(15-12)19-6-5-17(3)4/h7-9H,5-6H2,1-4H3. The van der Waals surface area contributed by atoms with Gasteiger partial charge in [0.05, 0.1) is 18.1 Å². The molecule has 0 amide bonds. The van der Waals surface area contributed by atoms with Crippen molar-refractivity contribution in [1.82, 2.24) is 24.6 Å². The fraction of sp³-hybridized carbons (Fsp3) is 0.462. The Bertz CT molecular complexity index is 550. The molecule has 0 aliphatic heterocycles. The molecule has 0 aliphatic rings. The highest BCUT2D eigenvalue weighted by Gasteiger charge is 2.06. The van der Waals surface area contributed by atoms with Crippen LogP contribution in [0, 0.1) is 13.8 Å². The Kier molecular flexibility index (Phi) is 4.55. The van der Waals surface area contributed by atoms with Crippen LogP contribution in [0.25, 0.3) is 5.82 Å². The van der Waals surface area contributed by atoms with Gasteiger partial charge in [-0.05, 0) is 34.0 Å². The molecule has 2 heterocycles. The molecule has 0 aliphatic carbocycles. The van der Waals surface area contributed by atoms with Crippen LogP contribution < -0.4 is 0 Å². The number of aryl methyl sites for hydroxylation is 2. The van der Waals surface area contributed by atoms with E-state index in [1.54, 1.807) is 24.2 Å². The molecule has 19 heavy (non-hydrogen) atoms. The number of aromatic nitrogens is 4. The van der Waals surface area contributed by atoms with Crippen molar-refractivity contribution in [3.05, 3.63) is 29.8 Å². The van der Waals surface area contributed by atoms with E-state index < -0.39 is 0 Å². The van der Waals surface area contributed by atoms with E-state index in [0.29, 0.717) is 0 Å². The van der Waals surface area contributed by atoms with Crippen molar-refractivity contribution in [2.45, 2.75) is 18.9 Å². The van der Waals surface area contributed by atoms with Gasteiger partial charge in [0.25, 0.3) is 0 Å². The minimum absolute atomic E-state index is 0.778. The van der Waals surface area contributed by atoms with Crippen molar-refractivity contribution in [3.63, 3.8) is 0 Å². The molecule has 0 atom stereocenters. The summed E-state index contributed by atoms with van der Waals surface area (Å²) in [5.41, 5.74) is 2.06. The lowest BCUT2D eigenvalue weighted by Gasteiger charge is -2.09. The van der Waals surface area contributed by atoms with Crippen LogP contribution in [0.2, 0.25) is 0 Å². The van der Waals surface area contributed by atoms with Crippen LogP contribution in [0.5, 0.6) is 0 Å². The normalized spacial score (nSPS) is 11.2. The number of nitrogens with zero attached hydrogens (tertiary/aromatic N) is 5. The first-order valence-corrected chi connectivity index (χ1v) is 7.18. The van der Waals surface area contributed by atoms with Gasteiger partial charge in [-0.1, -0.05) is 0 Å². The zero-order chi connectivity index (χ0) is 13.8.